The SMILES string of the molecule is CCCOc1cc([C@@H]2CC[C@@H](c3cc(OC)c(OC)c(OC)c3)O2)cc(S(=O)(=O)C(C)N2CCOCC2)c1OCCC. The van der Waals surface area contributed by atoms with E-state index < -0.39 is 15.2 Å². The van der Waals surface area contributed by atoms with Crippen molar-refractivity contribution in [2.75, 3.05) is 60.8 Å². The highest BCUT2D eigenvalue weighted by molar-refractivity contribution is 7.92. The van der Waals surface area contributed by atoms with E-state index >= 15 is 0 Å². The predicted molar refractivity (Wildman–Crippen MR) is 159 cm³/mol. The molecule has 0 spiro atoms. The lowest BCUT2D eigenvalue weighted by atomic mass is 10.0. The summed E-state index contributed by atoms with van der Waals surface area (Å²) in [4.78, 5) is 2.08. The minimum absolute atomic E-state index is 0.137. The topological polar surface area (TPSA) is 102 Å². The van der Waals surface area contributed by atoms with Gasteiger partial charge in [-0.15, -0.1) is 0 Å². The van der Waals surface area contributed by atoms with Crippen molar-refractivity contribution in [1.82, 2.24) is 4.90 Å². The number of hydrogen-bond acceptors (Lipinski definition) is 10. The molecular formula is C31H45NO9S. The molecule has 0 aliphatic carbocycles. The Kier molecular flexibility index (Phi) is 11.2. The average molecular weight is 608 g/mol. The van der Waals surface area contributed by atoms with E-state index in [9.17, 15) is 8.42 Å². The van der Waals surface area contributed by atoms with Gasteiger partial charge in [0.25, 0.3) is 0 Å². The first-order valence-corrected chi connectivity index (χ1v) is 16.3. The van der Waals surface area contributed by atoms with Gasteiger partial charge in [0.05, 0.1) is 60.0 Å². The van der Waals surface area contributed by atoms with Crippen LogP contribution >= 0.6 is 0 Å². The minimum atomic E-state index is -3.83. The maximum absolute atomic E-state index is 14.2. The molecule has 0 amide bonds. The van der Waals surface area contributed by atoms with Crippen molar-refractivity contribution < 1.29 is 41.6 Å². The van der Waals surface area contributed by atoms with Crippen molar-refractivity contribution in [2.45, 2.75) is 68.9 Å². The lowest BCUT2D eigenvalue weighted by Crippen LogP contribution is -2.45. The first-order valence-electron chi connectivity index (χ1n) is 14.7. The maximum Gasteiger partial charge on any atom is 0.203 e. The van der Waals surface area contributed by atoms with Gasteiger partial charge in [-0.3, -0.25) is 4.90 Å². The first-order chi connectivity index (χ1) is 20.3. The highest BCUT2D eigenvalue weighted by atomic mass is 32.2. The molecule has 0 aromatic heterocycles. The Balaban J connectivity index is 1.73. The Labute approximate surface area is 250 Å². The lowest BCUT2D eigenvalue weighted by Gasteiger charge is -2.32. The van der Waals surface area contributed by atoms with Crippen LogP contribution in [-0.2, 0) is 19.3 Å². The van der Waals surface area contributed by atoms with E-state index in [1.165, 1.54) is 0 Å². The molecule has 4 rings (SSSR count). The zero-order chi connectivity index (χ0) is 30.3. The van der Waals surface area contributed by atoms with E-state index in [0.717, 1.165) is 30.4 Å². The fourth-order valence-corrected chi connectivity index (χ4v) is 7.08. The molecule has 2 aliphatic rings. The van der Waals surface area contributed by atoms with Crippen molar-refractivity contribution in [3.8, 4) is 28.7 Å². The number of hydrogen-bond donors (Lipinski definition) is 0. The minimum Gasteiger partial charge on any atom is -0.493 e. The second-order valence-electron chi connectivity index (χ2n) is 10.5. The van der Waals surface area contributed by atoms with Crippen molar-refractivity contribution in [1.29, 1.82) is 0 Å². The summed E-state index contributed by atoms with van der Waals surface area (Å²) in [6, 6.07) is 7.39. The third-order valence-electron chi connectivity index (χ3n) is 7.72. The Morgan fingerprint density at radius 2 is 1.36 bits per heavy atom. The molecule has 11 heteroatoms. The van der Waals surface area contributed by atoms with E-state index in [2.05, 4.69) is 0 Å². The van der Waals surface area contributed by atoms with Gasteiger partial charge in [0.15, 0.2) is 32.8 Å². The van der Waals surface area contributed by atoms with Crippen molar-refractivity contribution in [3.05, 3.63) is 35.4 Å². The molecule has 2 saturated heterocycles. The summed E-state index contributed by atoms with van der Waals surface area (Å²) in [7, 11) is 0.907. The Morgan fingerprint density at radius 1 is 0.810 bits per heavy atom. The number of methoxy groups -OCH3 is 3. The predicted octanol–water partition coefficient (Wildman–Crippen LogP) is 5.33. The van der Waals surface area contributed by atoms with Crippen LogP contribution in [0.2, 0.25) is 0 Å². The van der Waals surface area contributed by atoms with Crippen molar-refractivity contribution in [2.24, 2.45) is 0 Å². The van der Waals surface area contributed by atoms with Gasteiger partial charge < -0.3 is 33.2 Å². The number of morpholine rings is 1. The quantitative estimate of drug-likeness (QED) is 0.280. The molecule has 2 heterocycles. The Bertz CT molecular complexity index is 1270. The van der Waals surface area contributed by atoms with Crippen LogP contribution in [0.5, 0.6) is 28.7 Å². The Hall–Kier alpha value is -2.73. The summed E-state index contributed by atoms with van der Waals surface area (Å²) in [6.45, 7) is 8.64. The largest absolute Gasteiger partial charge is 0.493 e. The summed E-state index contributed by atoms with van der Waals surface area (Å²) < 4.78 is 69.2. The summed E-state index contributed by atoms with van der Waals surface area (Å²) in [5, 5.41) is -0.754. The highest BCUT2D eigenvalue weighted by Gasteiger charge is 2.36. The fourth-order valence-electron chi connectivity index (χ4n) is 5.40. The van der Waals surface area contributed by atoms with Crippen LogP contribution in [0, 0.1) is 0 Å². The molecule has 1 unspecified atom stereocenters. The average Bonchev–Trinajstić information content (AvgIpc) is 3.52. The van der Waals surface area contributed by atoms with E-state index in [-0.39, 0.29) is 22.9 Å². The van der Waals surface area contributed by atoms with Gasteiger partial charge in [-0.1, -0.05) is 13.8 Å². The van der Waals surface area contributed by atoms with Gasteiger partial charge in [-0.05, 0) is 68.0 Å². The fraction of sp³-hybridized carbons (Fsp3) is 0.613. The van der Waals surface area contributed by atoms with Crippen molar-refractivity contribution in [3.63, 3.8) is 0 Å². The van der Waals surface area contributed by atoms with E-state index in [1.807, 2.05) is 36.9 Å². The van der Waals surface area contributed by atoms with Gasteiger partial charge in [0.2, 0.25) is 5.75 Å². The normalized spacial score (nSPS) is 20.2. The zero-order valence-electron chi connectivity index (χ0n) is 25.6. The molecule has 0 saturated carbocycles. The Morgan fingerprint density at radius 3 is 1.90 bits per heavy atom. The summed E-state index contributed by atoms with van der Waals surface area (Å²) in [5.74, 6) is 2.32. The van der Waals surface area contributed by atoms with Crippen LogP contribution < -0.4 is 23.7 Å². The highest BCUT2D eigenvalue weighted by Crippen LogP contribution is 2.48. The third-order valence-corrected chi connectivity index (χ3v) is 9.83. The van der Waals surface area contributed by atoms with Crippen LogP contribution in [-0.4, -0.2) is 79.5 Å². The molecule has 0 N–H and O–H groups in total. The van der Waals surface area contributed by atoms with Crippen molar-refractivity contribution >= 4 is 9.84 Å². The van der Waals surface area contributed by atoms with Gasteiger partial charge in [-0.2, -0.15) is 0 Å². The second-order valence-corrected chi connectivity index (χ2v) is 12.7. The molecule has 2 fully saturated rings. The van der Waals surface area contributed by atoms with Crippen LogP contribution in [0.4, 0.5) is 0 Å². The van der Waals surface area contributed by atoms with E-state index in [1.54, 1.807) is 34.3 Å². The lowest BCUT2D eigenvalue weighted by molar-refractivity contribution is 0.0336. The molecule has 0 bridgehead atoms. The van der Waals surface area contributed by atoms with Gasteiger partial charge in [0.1, 0.15) is 10.3 Å². The van der Waals surface area contributed by atoms with Crippen LogP contribution in [0.15, 0.2) is 29.2 Å². The summed E-state index contributed by atoms with van der Waals surface area (Å²) in [6.07, 6.45) is 2.34. The molecule has 234 valence electrons. The molecule has 0 radical (unpaired) electrons. The summed E-state index contributed by atoms with van der Waals surface area (Å²) in [5.41, 5.74) is 1.64. The number of benzene rings is 2. The third kappa shape index (κ3) is 6.90. The smallest absolute Gasteiger partial charge is 0.203 e. The molecule has 3 atom stereocenters. The molecule has 42 heavy (non-hydrogen) atoms. The number of sulfone groups is 1. The zero-order valence-corrected chi connectivity index (χ0v) is 26.5. The standard InChI is InChI=1S/C31H45NO9S/c1-7-13-39-28-19-23(25-10-9-24(41-25)22-17-26(35-4)30(37-6)27(18-22)36-5)20-29(31(28)40-14-8-2)42(33,34)21(3)32-11-15-38-16-12-32/h17-21,24-25H,7-16H2,1-6H3/t21?,24-,25-/m0/s1. The van der Waals surface area contributed by atoms with Gasteiger partial charge in [-0.25, -0.2) is 8.42 Å². The van der Waals surface area contributed by atoms with E-state index in [4.69, 9.17) is 33.2 Å². The number of ether oxygens (including phenoxy) is 7. The van der Waals surface area contributed by atoms with Gasteiger partial charge in [0, 0.05) is 13.1 Å². The van der Waals surface area contributed by atoms with Gasteiger partial charge >= 0.3 is 0 Å². The second kappa shape index (κ2) is 14.6. The number of nitrogens with zero attached hydrogens (tertiary/aromatic N) is 1. The van der Waals surface area contributed by atoms with E-state index in [0.29, 0.717) is 68.9 Å². The molecule has 2 aromatic rings. The number of rotatable bonds is 14. The van der Waals surface area contributed by atoms with Crippen LogP contribution in [0.1, 0.15) is 69.8 Å². The molecule has 2 aromatic carbocycles. The monoisotopic (exact) mass is 607 g/mol. The van der Waals surface area contributed by atoms with Crippen LogP contribution in [0.25, 0.3) is 0 Å². The van der Waals surface area contributed by atoms with Crippen LogP contribution in [0.3, 0.4) is 0 Å². The maximum atomic E-state index is 14.2. The first kappa shape index (κ1) is 32.2. The molecule has 2 aliphatic heterocycles. The summed E-state index contributed by atoms with van der Waals surface area (Å²) >= 11 is 0. The molecular weight excluding hydrogens is 562 g/mol. The molecule has 10 nitrogen and oxygen atoms in total.